The van der Waals surface area contributed by atoms with Crippen LogP contribution < -0.4 is 11.2 Å². The van der Waals surface area contributed by atoms with E-state index in [9.17, 15) is 9.59 Å². The maximum Gasteiger partial charge on any atom is 0.254 e. The maximum atomic E-state index is 12.1. The van der Waals surface area contributed by atoms with Gasteiger partial charge in [-0.15, -0.1) is 0 Å². The predicted octanol–water partition coefficient (Wildman–Crippen LogP) is 1.43. The third kappa shape index (κ3) is 1.82. The monoisotopic (exact) mass is 230 g/mol. The molecule has 0 unspecified atom stereocenters. The van der Waals surface area contributed by atoms with E-state index in [1.165, 1.54) is 6.20 Å². The summed E-state index contributed by atoms with van der Waals surface area (Å²) in [6.07, 6.45) is 1.53. The highest BCUT2D eigenvalue weighted by atomic mass is 16.2. The molecule has 0 aliphatic heterocycles. The molecule has 17 heavy (non-hydrogen) atoms. The van der Waals surface area contributed by atoms with Gasteiger partial charge in [0, 0.05) is 18.1 Å². The van der Waals surface area contributed by atoms with Crippen LogP contribution in [0.15, 0.2) is 29.2 Å². The molecule has 0 spiro atoms. The van der Waals surface area contributed by atoms with Crippen LogP contribution in [-0.2, 0) is 6.54 Å². The highest BCUT2D eigenvalue weighted by Gasteiger charge is 2.12. The Morgan fingerprint density at radius 3 is 2.71 bits per heavy atom. The van der Waals surface area contributed by atoms with Crippen LogP contribution in [0.4, 0.5) is 0 Å². The normalized spacial score (nSPS) is 10.7. The average Bonchev–Trinajstić information content (AvgIpc) is 2.29. The second-order valence-corrected chi connectivity index (χ2v) is 4.04. The first-order chi connectivity index (χ1) is 8.04. The Morgan fingerprint density at radius 1 is 1.41 bits per heavy atom. The molecular formula is C13H14N2O2. The number of amides is 1. The number of carbonyl (C=O) groups is 1. The first kappa shape index (κ1) is 11.4. The highest BCUT2D eigenvalue weighted by Crippen LogP contribution is 2.13. The summed E-state index contributed by atoms with van der Waals surface area (Å²) in [6, 6.07) is 5.62. The molecular weight excluding hydrogens is 216 g/mol. The summed E-state index contributed by atoms with van der Waals surface area (Å²) < 4.78 is 1.86. The molecule has 4 nitrogen and oxygen atoms in total. The smallest absolute Gasteiger partial charge is 0.254 e. The maximum absolute atomic E-state index is 12.1. The van der Waals surface area contributed by atoms with Crippen molar-refractivity contribution in [3.05, 3.63) is 45.7 Å². The summed E-state index contributed by atoms with van der Waals surface area (Å²) in [6.45, 7) is 4.54. The molecule has 2 rings (SSSR count). The second kappa shape index (κ2) is 4.05. The molecule has 1 aromatic heterocycles. The van der Waals surface area contributed by atoms with Crippen LogP contribution in [0.1, 0.15) is 22.8 Å². The third-order valence-electron chi connectivity index (χ3n) is 2.84. The molecule has 0 saturated carbocycles. The molecule has 0 atom stereocenters. The van der Waals surface area contributed by atoms with Crippen LogP contribution in [0.2, 0.25) is 0 Å². The van der Waals surface area contributed by atoms with Crippen LogP contribution in [0.25, 0.3) is 10.9 Å². The minimum absolute atomic E-state index is 0.0463. The quantitative estimate of drug-likeness (QED) is 0.848. The number of aryl methyl sites for hydroxylation is 2. The van der Waals surface area contributed by atoms with E-state index in [1.54, 1.807) is 6.07 Å². The lowest BCUT2D eigenvalue weighted by Gasteiger charge is -2.10. The van der Waals surface area contributed by atoms with Crippen LogP contribution in [0.3, 0.4) is 0 Å². The Morgan fingerprint density at radius 2 is 2.12 bits per heavy atom. The first-order valence-corrected chi connectivity index (χ1v) is 5.48. The molecule has 1 aromatic carbocycles. The van der Waals surface area contributed by atoms with Crippen molar-refractivity contribution < 1.29 is 4.79 Å². The zero-order valence-corrected chi connectivity index (χ0v) is 9.86. The minimum atomic E-state index is -0.680. The number of pyridine rings is 1. The summed E-state index contributed by atoms with van der Waals surface area (Å²) in [4.78, 5) is 23.3. The number of carbonyl (C=O) groups excluding carboxylic acids is 1. The molecule has 4 heteroatoms. The van der Waals surface area contributed by atoms with E-state index in [4.69, 9.17) is 5.73 Å². The number of rotatable bonds is 2. The molecule has 1 heterocycles. The number of primary amides is 1. The standard InChI is InChI=1S/C13H14N2O2/c1-3-15-7-10(13(14)17)12(16)9-6-8(2)4-5-11(9)15/h4-7H,3H2,1-2H3,(H2,14,17). The number of fused-ring (bicyclic) bond motifs is 1. The molecule has 0 saturated heterocycles. The Bertz CT molecular complexity index is 656. The third-order valence-corrected chi connectivity index (χ3v) is 2.84. The Kier molecular flexibility index (Phi) is 2.71. The van der Waals surface area contributed by atoms with Gasteiger partial charge in [0.25, 0.3) is 5.91 Å². The van der Waals surface area contributed by atoms with Gasteiger partial charge in [-0.25, -0.2) is 0 Å². The molecule has 0 aliphatic rings. The van der Waals surface area contributed by atoms with E-state index in [2.05, 4.69) is 0 Å². The molecule has 88 valence electrons. The van der Waals surface area contributed by atoms with E-state index < -0.39 is 5.91 Å². The summed E-state index contributed by atoms with van der Waals surface area (Å²) >= 11 is 0. The van der Waals surface area contributed by atoms with Gasteiger partial charge < -0.3 is 10.3 Å². The van der Waals surface area contributed by atoms with Gasteiger partial charge in [0.15, 0.2) is 0 Å². The number of aromatic nitrogens is 1. The van der Waals surface area contributed by atoms with Gasteiger partial charge in [-0.3, -0.25) is 9.59 Å². The van der Waals surface area contributed by atoms with E-state index in [1.807, 2.05) is 30.5 Å². The lowest BCUT2D eigenvalue weighted by Crippen LogP contribution is -2.24. The van der Waals surface area contributed by atoms with Crippen LogP contribution in [0.5, 0.6) is 0 Å². The van der Waals surface area contributed by atoms with Crippen molar-refractivity contribution in [3.8, 4) is 0 Å². The number of nitrogens with zero attached hydrogens (tertiary/aromatic N) is 1. The van der Waals surface area contributed by atoms with Crippen molar-refractivity contribution in [3.63, 3.8) is 0 Å². The van der Waals surface area contributed by atoms with Gasteiger partial charge in [-0.2, -0.15) is 0 Å². The van der Waals surface area contributed by atoms with Gasteiger partial charge in [-0.05, 0) is 26.0 Å². The van der Waals surface area contributed by atoms with E-state index >= 15 is 0 Å². The van der Waals surface area contributed by atoms with Crippen molar-refractivity contribution >= 4 is 16.8 Å². The van der Waals surface area contributed by atoms with Crippen molar-refractivity contribution in [1.29, 1.82) is 0 Å². The largest absolute Gasteiger partial charge is 0.365 e. The molecule has 2 aromatic rings. The predicted molar refractivity (Wildman–Crippen MR) is 67.1 cm³/mol. The van der Waals surface area contributed by atoms with Crippen molar-refractivity contribution in [2.75, 3.05) is 0 Å². The number of hydrogen-bond donors (Lipinski definition) is 1. The first-order valence-electron chi connectivity index (χ1n) is 5.48. The van der Waals surface area contributed by atoms with E-state index in [-0.39, 0.29) is 11.0 Å². The van der Waals surface area contributed by atoms with Gasteiger partial charge in [0.05, 0.1) is 5.52 Å². The van der Waals surface area contributed by atoms with Crippen molar-refractivity contribution in [2.45, 2.75) is 20.4 Å². The van der Waals surface area contributed by atoms with Gasteiger partial charge in [-0.1, -0.05) is 11.6 Å². The van der Waals surface area contributed by atoms with Gasteiger partial charge >= 0.3 is 0 Å². The number of nitrogens with two attached hydrogens (primary N) is 1. The fourth-order valence-corrected chi connectivity index (χ4v) is 1.95. The minimum Gasteiger partial charge on any atom is -0.365 e. The summed E-state index contributed by atoms with van der Waals surface area (Å²) in [5.74, 6) is -0.680. The summed E-state index contributed by atoms with van der Waals surface area (Å²) in [5.41, 5.74) is 6.78. The van der Waals surface area contributed by atoms with Gasteiger partial charge in [0.2, 0.25) is 5.43 Å². The van der Waals surface area contributed by atoms with E-state index in [0.29, 0.717) is 11.9 Å². The molecule has 0 radical (unpaired) electrons. The summed E-state index contributed by atoms with van der Waals surface area (Å²) in [7, 11) is 0. The molecule has 1 amide bonds. The number of hydrogen-bond acceptors (Lipinski definition) is 2. The fourth-order valence-electron chi connectivity index (χ4n) is 1.95. The van der Waals surface area contributed by atoms with Crippen LogP contribution in [-0.4, -0.2) is 10.5 Å². The molecule has 0 bridgehead atoms. The van der Waals surface area contributed by atoms with E-state index in [0.717, 1.165) is 11.1 Å². The fraction of sp³-hybridized carbons (Fsp3) is 0.231. The average molecular weight is 230 g/mol. The zero-order chi connectivity index (χ0) is 12.6. The van der Waals surface area contributed by atoms with Crippen LogP contribution >= 0.6 is 0 Å². The summed E-state index contributed by atoms with van der Waals surface area (Å²) in [5, 5.41) is 0.545. The Balaban J connectivity index is 2.96. The molecule has 0 aliphatic carbocycles. The molecule has 2 N–H and O–H groups in total. The highest BCUT2D eigenvalue weighted by molar-refractivity contribution is 5.96. The lowest BCUT2D eigenvalue weighted by atomic mass is 10.1. The molecule has 0 fully saturated rings. The van der Waals surface area contributed by atoms with Gasteiger partial charge in [0.1, 0.15) is 5.56 Å². The topological polar surface area (TPSA) is 65.1 Å². The number of benzene rings is 1. The Hall–Kier alpha value is -2.10. The van der Waals surface area contributed by atoms with Crippen molar-refractivity contribution in [2.24, 2.45) is 5.73 Å². The Labute approximate surface area is 98.7 Å². The van der Waals surface area contributed by atoms with Crippen LogP contribution in [0, 0.1) is 6.92 Å². The second-order valence-electron chi connectivity index (χ2n) is 4.04. The SMILES string of the molecule is CCn1cc(C(N)=O)c(=O)c2cc(C)ccc21. The van der Waals surface area contributed by atoms with Crippen molar-refractivity contribution in [1.82, 2.24) is 4.57 Å². The lowest BCUT2D eigenvalue weighted by molar-refractivity contribution is 0.0999. The zero-order valence-electron chi connectivity index (χ0n) is 9.86.